The number of aliphatic hydroxyl groups excluding tert-OH is 1. The average molecular weight is 618 g/mol. The van der Waals surface area contributed by atoms with Crippen molar-refractivity contribution in [1.29, 1.82) is 0 Å². The van der Waals surface area contributed by atoms with Gasteiger partial charge in [0, 0.05) is 24.7 Å². The molecule has 6 unspecified atom stereocenters. The van der Waals surface area contributed by atoms with Gasteiger partial charge in [0.25, 0.3) is 0 Å². The van der Waals surface area contributed by atoms with Crippen LogP contribution in [0.5, 0.6) is 5.75 Å². The van der Waals surface area contributed by atoms with E-state index in [1.165, 1.54) is 24.7 Å². The van der Waals surface area contributed by atoms with Crippen molar-refractivity contribution < 1.29 is 39.3 Å². The van der Waals surface area contributed by atoms with Gasteiger partial charge in [-0.3, -0.25) is 19.2 Å². The second kappa shape index (κ2) is 17.0. The summed E-state index contributed by atoms with van der Waals surface area (Å²) in [7, 11) is 0. The van der Waals surface area contributed by atoms with Gasteiger partial charge in [-0.25, -0.2) is 9.78 Å². The first-order chi connectivity index (χ1) is 20.8. The number of carbonyl (C=O) groups excluding carboxylic acids is 4. The lowest BCUT2D eigenvalue weighted by molar-refractivity contribution is -0.142. The number of nitrogens with zero attached hydrogens (tertiary/aromatic N) is 1. The molecule has 0 aliphatic rings. The lowest BCUT2D eigenvalue weighted by atomic mass is 9.95. The number of aromatic hydroxyl groups is 1. The Hall–Kier alpha value is -4.50. The number of aromatic nitrogens is 2. The largest absolute Gasteiger partial charge is 0.508 e. The zero-order valence-corrected chi connectivity index (χ0v) is 25.2. The Balaban J connectivity index is 2.24. The number of aliphatic hydroxyl groups is 1. The van der Waals surface area contributed by atoms with Crippen LogP contribution in [0, 0.1) is 11.8 Å². The van der Waals surface area contributed by atoms with E-state index >= 15 is 0 Å². The number of nitrogens with one attached hydrogen (secondary N) is 5. The van der Waals surface area contributed by atoms with E-state index in [9.17, 15) is 39.3 Å². The number of carboxylic acid groups (broad SMARTS) is 1. The smallest absolute Gasteiger partial charge is 0.326 e. The van der Waals surface area contributed by atoms with Gasteiger partial charge in [0.1, 0.15) is 36.0 Å². The third-order valence-corrected chi connectivity index (χ3v) is 7.18. The summed E-state index contributed by atoms with van der Waals surface area (Å²) in [4.78, 5) is 71.2. The van der Waals surface area contributed by atoms with Crippen LogP contribution in [0.4, 0.5) is 0 Å². The molecule has 15 heteroatoms. The average Bonchev–Trinajstić information content (AvgIpc) is 3.50. The number of amides is 4. The Morgan fingerprint density at radius 3 is 1.98 bits per heavy atom. The summed E-state index contributed by atoms with van der Waals surface area (Å²) in [5.41, 5.74) is 6.71. The fourth-order valence-electron chi connectivity index (χ4n) is 4.25. The standard InChI is InChI=1S/C29H43N7O8/c1-5-16(4)24(28(42)34-22(29(43)44)11-18-12-31-14-32-18)36-27(41)23(15(2)3)35-26(40)21(33-25(39)20(30)13-37)10-17-6-8-19(38)9-7-17/h6-9,12,14-16,20-24,37-38H,5,10-11,13,30H2,1-4H3,(H,31,32)(H,33,39)(H,34,42)(H,35,40)(H,36,41)(H,43,44). The van der Waals surface area contributed by atoms with Crippen molar-refractivity contribution in [3.63, 3.8) is 0 Å². The maximum absolute atomic E-state index is 13.5. The number of H-pyrrole nitrogens is 1. The Kier molecular flexibility index (Phi) is 13.8. The van der Waals surface area contributed by atoms with Gasteiger partial charge >= 0.3 is 5.97 Å². The van der Waals surface area contributed by atoms with E-state index in [1.54, 1.807) is 32.9 Å². The van der Waals surface area contributed by atoms with Crippen LogP contribution >= 0.6 is 0 Å². The van der Waals surface area contributed by atoms with Crippen LogP contribution in [0.25, 0.3) is 0 Å². The summed E-state index contributed by atoms with van der Waals surface area (Å²) in [5, 5.41) is 38.8. The number of benzene rings is 1. The normalized spacial score (nSPS) is 15.2. The molecule has 0 saturated heterocycles. The van der Waals surface area contributed by atoms with E-state index in [2.05, 4.69) is 31.2 Å². The van der Waals surface area contributed by atoms with Gasteiger partial charge in [-0.05, 0) is 29.5 Å². The van der Waals surface area contributed by atoms with E-state index < -0.39 is 78.2 Å². The highest BCUT2D eigenvalue weighted by atomic mass is 16.4. The molecule has 0 spiro atoms. The molecule has 1 aromatic heterocycles. The molecule has 10 N–H and O–H groups in total. The highest BCUT2D eigenvalue weighted by molar-refractivity contribution is 5.95. The van der Waals surface area contributed by atoms with Gasteiger partial charge in [0.2, 0.25) is 23.6 Å². The third-order valence-electron chi connectivity index (χ3n) is 7.18. The lowest BCUT2D eigenvalue weighted by Crippen LogP contribution is -2.61. The number of aliphatic carboxylic acids is 1. The van der Waals surface area contributed by atoms with Crippen LogP contribution in [0.2, 0.25) is 0 Å². The van der Waals surface area contributed by atoms with Crippen molar-refractivity contribution in [2.24, 2.45) is 17.6 Å². The van der Waals surface area contributed by atoms with Crippen LogP contribution in [0.3, 0.4) is 0 Å². The first kappa shape index (κ1) is 35.7. The number of phenolic OH excluding ortho intramolecular Hbond substituents is 1. The fourth-order valence-corrected chi connectivity index (χ4v) is 4.25. The minimum Gasteiger partial charge on any atom is -0.508 e. The molecule has 4 amide bonds. The molecule has 1 heterocycles. The summed E-state index contributed by atoms with van der Waals surface area (Å²) in [5.74, 6) is -5.01. The quantitative estimate of drug-likeness (QED) is 0.104. The predicted molar refractivity (Wildman–Crippen MR) is 159 cm³/mol. The van der Waals surface area contributed by atoms with Gasteiger partial charge in [-0.2, -0.15) is 0 Å². The number of carboxylic acids is 1. The molecular formula is C29H43N7O8. The summed E-state index contributed by atoms with van der Waals surface area (Å²) in [6.07, 6.45) is 3.23. The highest BCUT2D eigenvalue weighted by Crippen LogP contribution is 2.14. The van der Waals surface area contributed by atoms with E-state index in [0.29, 0.717) is 17.7 Å². The zero-order chi connectivity index (χ0) is 33.0. The number of hydrogen-bond donors (Lipinski definition) is 9. The summed E-state index contributed by atoms with van der Waals surface area (Å²) in [6, 6.07) is -0.0874. The topological polar surface area (TPSA) is 249 Å². The van der Waals surface area contributed by atoms with Crippen LogP contribution in [0.15, 0.2) is 36.8 Å². The number of carbonyl (C=O) groups is 5. The molecule has 2 aromatic rings. The van der Waals surface area contributed by atoms with E-state index in [1.807, 2.05) is 6.92 Å². The molecule has 1 aromatic carbocycles. The monoisotopic (exact) mass is 617 g/mol. The minimum absolute atomic E-state index is 0.00788. The van der Waals surface area contributed by atoms with Crippen molar-refractivity contribution in [1.82, 2.24) is 31.2 Å². The molecule has 0 aliphatic heterocycles. The van der Waals surface area contributed by atoms with Crippen molar-refractivity contribution >= 4 is 29.6 Å². The molecule has 0 fully saturated rings. The van der Waals surface area contributed by atoms with Crippen LogP contribution in [-0.2, 0) is 36.8 Å². The second-order valence-corrected chi connectivity index (χ2v) is 11.0. The lowest BCUT2D eigenvalue weighted by Gasteiger charge is -2.30. The van der Waals surface area contributed by atoms with Crippen molar-refractivity contribution in [2.75, 3.05) is 6.61 Å². The molecule has 6 atom stereocenters. The molecule has 0 saturated carbocycles. The number of aromatic amines is 1. The van der Waals surface area contributed by atoms with Gasteiger partial charge < -0.3 is 47.3 Å². The third kappa shape index (κ3) is 10.6. The molecule has 15 nitrogen and oxygen atoms in total. The molecule has 0 aliphatic carbocycles. The van der Waals surface area contributed by atoms with Gasteiger partial charge in [-0.15, -0.1) is 0 Å². The van der Waals surface area contributed by atoms with Crippen molar-refractivity contribution in [2.45, 2.75) is 77.2 Å². The zero-order valence-electron chi connectivity index (χ0n) is 25.2. The Bertz CT molecular complexity index is 1250. The van der Waals surface area contributed by atoms with Gasteiger partial charge in [0.05, 0.1) is 12.9 Å². The highest BCUT2D eigenvalue weighted by Gasteiger charge is 2.35. The molecular weight excluding hydrogens is 574 g/mol. The van der Waals surface area contributed by atoms with E-state index in [-0.39, 0.29) is 18.6 Å². The molecule has 2 rings (SSSR count). The number of imidazole rings is 1. The molecule has 0 bridgehead atoms. The van der Waals surface area contributed by atoms with Crippen LogP contribution in [-0.4, -0.2) is 91.7 Å². The Morgan fingerprint density at radius 1 is 0.864 bits per heavy atom. The van der Waals surface area contributed by atoms with E-state index in [4.69, 9.17) is 5.73 Å². The maximum Gasteiger partial charge on any atom is 0.326 e. The molecule has 44 heavy (non-hydrogen) atoms. The van der Waals surface area contributed by atoms with Crippen LogP contribution in [0.1, 0.15) is 45.4 Å². The first-order valence-electron chi connectivity index (χ1n) is 14.3. The van der Waals surface area contributed by atoms with Crippen LogP contribution < -0.4 is 27.0 Å². The Labute approximate surface area is 255 Å². The predicted octanol–water partition coefficient (Wildman–Crippen LogP) is -1.05. The van der Waals surface area contributed by atoms with E-state index in [0.717, 1.165) is 0 Å². The molecule has 0 radical (unpaired) electrons. The first-order valence-corrected chi connectivity index (χ1v) is 14.3. The summed E-state index contributed by atoms with van der Waals surface area (Å²) in [6.45, 7) is 6.25. The summed E-state index contributed by atoms with van der Waals surface area (Å²) < 4.78 is 0. The second-order valence-electron chi connectivity index (χ2n) is 11.0. The number of phenols is 1. The Morgan fingerprint density at radius 2 is 1.45 bits per heavy atom. The fraction of sp³-hybridized carbons (Fsp3) is 0.517. The van der Waals surface area contributed by atoms with Gasteiger partial charge in [0.15, 0.2) is 0 Å². The van der Waals surface area contributed by atoms with Gasteiger partial charge in [-0.1, -0.05) is 46.2 Å². The van der Waals surface area contributed by atoms with Crippen molar-refractivity contribution in [3.05, 3.63) is 48.0 Å². The molecule has 242 valence electrons. The maximum atomic E-state index is 13.5. The summed E-state index contributed by atoms with van der Waals surface area (Å²) >= 11 is 0. The number of nitrogens with two attached hydrogens (primary N) is 1. The SMILES string of the molecule is CCC(C)C(NC(=O)C(NC(=O)C(Cc1ccc(O)cc1)NC(=O)C(N)CO)C(C)C)C(=O)NC(Cc1cnc[nH]1)C(=O)O. The number of hydrogen-bond acceptors (Lipinski definition) is 9. The minimum atomic E-state index is -1.29. The van der Waals surface area contributed by atoms with Crippen molar-refractivity contribution in [3.8, 4) is 5.75 Å². The number of rotatable bonds is 17.